The third kappa shape index (κ3) is 2.17. The summed E-state index contributed by atoms with van der Waals surface area (Å²) in [5.74, 6) is -0.0252. The second-order valence-corrected chi connectivity index (χ2v) is 4.26. The van der Waals surface area contributed by atoms with Gasteiger partial charge in [-0.1, -0.05) is 18.2 Å². The summed E-state index contributed by atoms with van der Waals surface area (Å²) in [5, 5.41) is 12.8. The number of hydrogen-bond acceptors (Lipinski definition) is 3. The summed E-state index contributed by atoms with van der Waals surface area (Å²) in [6.07, 6.45) is 1.16. The van der Waals surface area contributed by atoms with E-state index in [9.17, 15) is 9.90 Å². The number of aryl methyl sites for hydroxylation is 1. The van der Waals surface area contributed by atoms with E-state index < -0.39 is 0 Å². The number of aromatic amines is 1. The fourth-order valence-corrected chi connectivity index (χ4v) is 1.95. The van der Waals surface area contributed by atoms with E-state index in [2.05, 4.69) is 5.10 Å². The molecule has 18 heavy (non-hydrogen) atoms. The molecule has 2 rings (SSSR count). The Morgan fingerprint density at radius 2 is 2.11 bits per heavy atom. The first-order valence-electron chi connectivity index (χ1n) is 5.94. The van der Waals surface area contributed by atoms with Crippen molar-refractivity contribution in [3.05, 3.63) is 45.7 Å². The minimum atomic E-state index is -0.260. The van der Waals surface area contributed by atoms with Crippen molar-refractivity contribution < 1.29 is 5.11 Å². The van der Waals surface area contributed by atoms with E-state index in [0.717, 1.165) is 11.3 Å². The van der Waals surface area contributed by atoms with Crippen LogP contribution in [0.4, 0.5) is 0 Å². The number of nitrogens with zero attached hydrogens (tertiary/aromatic N) is 1. The number of rotatable bonds is 4. The Kier molecular flexibility index (Phi) is 3.53. The van der Waals surface area contributed by atoms with E-state index in [4.69, 9.17) is 5.73 Å². The van der Waals surface area contributed by atoms with E-state index in [0.29, 0.717) is 24.9 Å². The van der Waals surface area contributed by atoms with Gasteiger partial charge in [0.25, 0.3) is 5.56 Å². The number of hydrogen-bond donors (Lipinski definition) is 3. The number of nitrogens with one attached hydrogen (secondary N) is 1. The van der Waals surface area contributed by atoms with Gasteiger partial charge in [0.05, 0.1) is 11.3 Å². The molecule has 96 valence electrons. The number of aromatic hydroxyl groups is 1. The summed E-state index contributed by atoms with van der Waals surface area (Å²) in [5.41, 5.74) is 7.30. The molecule has 0 spiro atoms. The largest absolute Gasteiger partial charge is 0.493 e. The fourth-order valence-electron chi connectivity index (χ4n) is 1.95. The van der Waals surface area contributed by atoms with Crippen molar-refractivity contribution in [2.45, 2.75) is 19.8 Å². The number of para-hydroxylation sites is 1. The number of aromatic nitrogens is 2. The van der Waals surface area contributed by atoms with Crippen LogP contribution in [0.3, 0.4) is 0 Å². The quantitative estimate of drug-likeness (QED) is 0.755. The van der Waals surface area contributed by atoms with Crippen LogP contribution in [0.1, 0.15) is 17.5 Å². The predicted octanol–water partition coefficient (Wildman–Crippen LogP) is 1.07. The molecule has 0 aliphatic rings. The predicted molar refractivity (Wildman–Crippen MR) is 70.2 cm³/mol. The minimum Gasteiger partial charge on any atom is -0.493 e. The number of benzene rings is 1. The Morgan fingerprint density at radius 3 is 2.78 bits per heavy atom. The first-order chi connectivity index (χ1) is 8.65. The van der Waals surface area contributed by atoms with Gasteiger partial charge in [-0.25, -0.2) is 4.68 Å². The number of nitrogens with two attached hydrogens (primary N) is 1. The van der Waals surface area contributed by atoms with Crippen LogP contribution in [0, 0.1) is 6.92 Å². The van der Waals surface area contributed by atoms with Crippen molar-refractivity contribution in [3.63, 3.8) is 0 Å². The van der Waals surface area contributed by atoms with Crippen molar-refractivity contribution in [1.29, 1.82) is 0 Å². The topological polar surface area (TPSA) is 84.0 Å². The van der Waals surface area contributed by atoms with E-state index in [1.54, 1.807) is 0 Å². The third-order valence-electron chi connectivity index (χ3n) is 2.96. The van der Waals surface area contributed by atoms with Crippen LogP contribution in [0.25, 0.3) is 5.69 Å². The fraction of sp³-hybridized carbons (Fsp3) is 0.308. The molecule has 0 saturated heterocycles. The van der Waals surface area contributed by atoms with Gasteiger partial charge in [-0.3, -0.25) is 9.89 Å². The molecule has 0 unspecified atom stereocenters. The van der Waals surface area contributed by atoms with Gasteiger partial charge in [0.15, 0.2) is 0 Å². The highest BCUT2D eigenvalue weighted by molar-refractivity contribution is 5.43. The first kappa shape index (κ1) is 12.4. The van der Waals surface area contributed by atoms with Gasteiger partial charge in [-0.2, -0.15) is 0 Å². The van der Waals surface area contributed by atoms with Crippen LogP contribution in [-0.4, -0.2) is 21.4 Å². The van der Waals surface area contributed by atoms with E-state index in [1.165, 1.54) is 4.68 Å². The van der Waals surface area contributed by atoms with Gasteiger partial charge >= 0.3 is 0 Å². The van der Waals surface area contributed by atoms with Crippen molar-refractivity contribution >= 4 is 0 Å². The lowest BCUT2D eigenvalue weighted by molar-refractivity contribution is 0.427. The van der Waals surface area contributed by atoms with Gasteiger partial charge in [-0.15, -0.1) is 0 Å². The molecular formula is C13H17N3O2. The Hall–Kier alpha value is -2.01. The number of H-pyrrole nitrogens is 1. The van der Waals surface area contributed by atoms with Crippen LogP contribution in [-0.2, 0) is 6.42 Å². The molecule has 0 bridgehead atoms. The second-order valence-electron chi connectivity index (χ2n) is 4.26. The molecule has 1 aromatic heterocycles. The molecule has 0 aliphatic carbocycles. The average Bonchev–Trinajstić information content (AvgIpc) is 2.63. The van der Waals surface area contributed by atoms with Crippen molar-refractivity contribution in [2.75, 3.05) is 6.54 Å². The molecule has 0 aliphatic heterocycles. The van der Waals surface area contributed by atoms with Gasteiger partial charge in [-0.05, 0) is 37.9 Å². The summed E-state index contributed by atoms with van der Waals surface area (Å²) in [6.45, 7) is 2.42. The Bertz CT molecular complexity index is 599. The molecule has 5 nitrogen and oxygen atoms in total. The SMILES string of the molecule is Cc1ccccc1-n1[nH]c(=O)c(CCCN)c1O. The molecule has 0 atom stereocenters. The highest BCUT2D eigenvalue weighted by atomic mass is 16.3. The molecule has 0 saturated carbocycles. The molecular weight excluding hydrogens is 230 g/mol. The molecule has 0 fully saturated rings. The Morgan fingerprint density at radius 1 is 1.39 bits per heavy atom. The monoisotopic (exact) mass is 247 g/mol. The minimum absolute atomic E-state index is 0.0252. The smallest absolute Gasteiger partial charge is 0.271 e. The van der Waals surface area contributed by atoms with E-state index in [-0.39, 0.29) is 11.4 Å². The standard InChI is InChI=1S/C13H17N3O2/c1-9-5-2-3-7-11(9)16-13(18)10(6-4-8-14)12(17)15-16/h2-3,5,7,18H,4,6,8,14H2,1H3,(H,15,17). The normalized spacial score (nSPS) is 10.8. The molecule has 2 aromatic rings. The van der Waals surface area contributed by atoms with Gasteiger partial charge in [0, 0.05) is 0 Å². The van der Waals surface area contributed by atoms with Crippen LogP contribution >= 0.6 is 0 Å². The third-order valence-corrected chi connectivity index (χ3v) is 2.96. The maximum absolute atomic E-state index is 11.8. The van der Waals surface area contributed by atoms with Gasteiger partial charge in [0.1, 0.15) is 0 Å². The van der Waals surface area contributed by atoms with Crippen LogP contribution < -0.4 is 11.3 Å². The molecule has 1 aromatic carbocycles. The average molecular weight is 247 g/mol. The zero-order valence-electron chi connectivity index (χ0n) is 10.3. The lowest BCUT2D eigenvalue weighted by Crippen LogP contribution is -2.09. The van der Waals surface area contributed by atoms with Crippen LogP contribution in [0.5, 0.6) is 5.88 Å². The van der Waals surface area contributed by atoms with Crippen LogP contribution in [0.2, 0.25) is 0 Å². The molecule has 5 heteroatoms. The summed E-state index contributed by atoms with van der Waals surface area (Å²) in [4.78, 5) is 11.8. The Labute approximate surface area is 105 Å². The maximum atomic E-state index is 11.8. The lowest BCUT2D eigenvalue weighted by atomic mass is 10.2. The van der Waals surface area contributed by atoms with Crippen LogP contribution in [0.15, 0.2) is 29.1 Å². The van der Waals surface area contributed by atoms with E-state index in [1.807, 2.05) is 31.2 Å². The summed E-state index contributed by atoms with van der Waals surface area (Å²) >= 11 is 0. The molecule has 1 heterocycles. The van der Waals surface area contributed by atoms with Gasteiger partial charge in [0.2, 0.25) is 5.88 Å². The summed E-state index contributed by atoms with van der Waals surface area (Å²) < 4.78 is 1.42. The Balaban J connectivity index is 2.48. The van der Waals surface area contributed by atoms with Gasteiger partial charge < -0.3 is 10.8 Å². The zero-order valence-corrected chi connectivity index (χ0v) is 10.3. The summed E-state index contributed by atoms with van der Waals surface area (Å²) in [7, 11) is 0. The second kappa shape index (κ2) is 5.10. The highest BCUT2D eigenvalue weighted by Gasteiger charge is 2.15. The lowest BCUT2D eigenvalue weighted by Gasteiger charge is -2.07. The zero-order chi connectivity index (χ0) is 13.1. The molecule has 4 N–H and O–H groups in total. The van der Waals surface area contributed by atoms with Crippen molar-refractivity contribution in [2.24, 2.45) is 5.73 Å². The highest BCUT2D eigenvalue weighted by Crippen LogP contribution is 2.21. The summed E-state index contributed by atoms with van der Waals surface area (Å²) in [6, 6.07) is 7.54. The first-order valence-corrected chi connectivity index (χ1v) is 5.94. The van der Waals surface area contributed by atoms with Crippen molar-refractivity contribution in [1.82, 2.24) is 9.78 Å². The maximum Gasteiger partial charge on any atom is 0.271 e. The van der Waals surface area contributed by atoms with Crippen molar-refractivity contribution in [3.8, 4) is 11.6 Å². The molecule has 0 radical (unpaired) electrons. The molecule has 0 amide bonds. The van der Waals surface area contributed by atoms with E-state index >= 15 is 0 Å².